The maximum Gasteiger partial charge on any atom is 0.253 e. The van der Waals surface area contributed by atoms with Gasteiger partial charge >= 0.3 is 0 Å². The Morgan fingerprint density at radius 3 is 2.48 bits per heavy atom. The normalized spacial score (nSPS) is 17.9. The highest BCUT2D eigenvalue weighted by molar-refractivity contribution is 5.98. The van der Waals surface area contributed by atoms with Crippen molar-refractivity contribution in [1.82, 2.24) is 4.90 Å². The van der Waals surface area contributed by atoms with Crippen LogP contribution in [0, 0.1) is 5.41 Å². The maximum absolute atomic E-state index is 12.6. The lowest BCUT2D eigenvalue weighted by Gasteiger charge is -2.38. The monoisotopic (exact) mass is 282 g/mol. The van der Waals surface area contributed by atoms with Gasteiger partial charge in [0.1, 0.15) is 0 Å². The molecule has 1 fully saturated rings. The Kier molecular flexibility index (Phi) is 3.68. The number of carbonyl (C=O) groups excluding carboxylic acids is 1. The largest absolute Gasteiger partial charge is 0.339 e. The van der Waals surface area contributed by atoms with E-state index in [0.29, 0.717) is 6.54 Å². The average molecular weight is 282 g/mol. The quantitative estimate of drug-likeness (QED) is 0.920. The molecule has 0 aromatic heterocycles. The Bertz CT molecular complexity index is 657. The van der Waals surface area contributed by atoms with Crippen molar-refractivity contribution >= 4 is 16.7 Å². The Labute approximate surface area is 125 Å². The molecule has 0 aliphatic carbocycles. The van der Waals surface area contributed by atoms with Crippen LogP contribution in [0.1, 0.15) is 30.1 Å². The summed E-state index contributed by atoms with van der Waals surface area (Å²) in [5, 5.41) is 2.29. The van der Waals surface area contributed by atoms with Crippen molar-refractivity contribution in [3.8, 4) is 0 Å². The summed E-state index contributed by atoms with van der Waals surface area (Å²) >= 11 is 0. The van der Waals surface area contributed by atoms with Gasteiger partial charge in [0.05, 0.1) is 0 Å². The van der Waals surface area contributed by atoms with Crippen LogP contribution in [0.5, 0.6) is 0 Å². The van der Waals surface area contributed by atoms with Gasteiger partial charge in [0.25, 0.3) is 5.91 Å². The van der Waals surface area contributed by atoms with E-state index in [4.69, 9.17) is 5.73 Å². The van der Waals surface area contributed by atoms with Crippen LogP contribution in [-0.2, 0) is 0 Å². The molecule has 3 rings (SSSR count). The van der Waals surface area contributed by atoms with E-state index < -0.39 is 0 Å². The highest BCUT2D eigenvalue weighted by Crippen LogP contribution is 2.30. The number of fused-ring (bicyclic) bond motifs is 1. The molecule has 3 heteroatoms. The van der Waals surface area contributed by atoms with Gasteiger partial charge in [-0.1, -0.05) is 37.3 Å². The van der Waals surface area contributed by atoms with Crippen LogP contribution in [0.2, 0.25) is 0 Å². The Morgan fingerprint density at radius 1 is 1.14 bits per heavy atom. The van der Waals surface area contributed by atoms with E-state index in [0.717, 1.165) is 36.9 Å². The van der Waals surface area contributed by atoms with Crippen molar-refractivity contribution in [2.75, 3.05) is 19.6 Å². The van der Waals surface area contributed by atoms with E-state index in [1.807, 2.05) is 41.3 Å². The van der Waals surface area contributed by atoms with Gasteiger partial charge in [-0.3, -0.25) is 4.79 Å². The zero-order valence-corrected chi connectivity index (χ0v) is 12.5. The molecule has 1 heterocycles. The first-order chi connectivity index (χ1) is 10.1. The van der Waals surface area contributed by atoms with Crippen LogP contribution in [0.4, 0.5) is 0 Å². The summed E-state index contributed by atoms with van der Waals surface area (Å²) in [7, 11) is 0. The molecule has 0 unspecified atom stereocenters. The zero-order chi connectivity index (χ0) is 14.9. The summed E-state index contributed by atoms with van der Waals surface area (Å²) in [6, 6.07) is 14.1. The molecular weight excluding hydrogens is 260 g/mol. The lowest BCUT2D eigenvalue weighted by molar-refractivity contribution is 0.0618. The minimum Gasteiger partial charge on any atom is -0.339 e. The van der Waals surface area contributed by atoms with E-state index in [1.54, 1.807) is 0 Å². The van der Waals surface area contributed by atoms with Gasteiger partial charge in [-0.2, -0.15) is 0 Å². The Morgan fingerprint density at radius 2 is 1.81 bits per heavy atom. The highest BCUT2D eigenvalue weighted by atomic mass is 16.2. The number of benzene rings is 2. The fourth-order valence-corrected chi connectivity index (χ4v) is 2.96. The Hall–Kier alpha value is -1.87. The summed E-state index contributed by atoms with van der Waals surface area (Å²) in [4.78, 5) is 14.6. The van der Waals surface area contributed by atoms with Crippen LogP contribution in [0.3, 0.4) is 0 Å². The molecule has 21 heavy (non-hydrogen) atoms. The topological polar surface area (TPSA) is 46.3 Å². The van der Waals surface area contributed by atoms with Crippen LogP contribution in [0.25, 0.3) is 10.8 Å². The highest BCUT2D eigenvalue weighted by Gasteiger charge is 2.30. The molecule has 0 saturated carbocycles. The molecule has 2 N–H and O–H groups in total. The van der Waals surface area contributed by atoms with Crippen LogP contribution < -0.4 is 5.73 Å². The summed E-state index contributed by atoms with van der Waals surface area (Å²) in [6.07, 6.45) is 1.98. The number of nitrogens with zero attached hydrogens (tertiary/aromatic N) is 1. The van der Waals surface area contributed by atoms with E-state index >= 15 is 0 Å². The van der Waals surface area contributed by atoms with Crippen molar-refractivity contribution in [1.29, 1.82) is 0 Å². The third-order valence-electron chi connectivity index (χ3n) is 4.75. The lowest BCUT2D eigenvalue weighted by Crippen LogP contribution is -2.44. The van der Waals surface area contributed by atoms with Gasteiger partial charge in [0.2, 0.25) is 0 Å². The average Bonchev–Trinajstić information content (AvgIpc) is 2.54. The van der Waals surface area contributed by atoms with Crippen molar-refractivity contribution in [2.24, 2.45) is 11.1 Å². The first kappa shape index (κ1) is 14.1. The SMILES string of the molecule is CC1(CN)CCN(C(=O)c2ccc3ccccc3c2)CC1. The van der Waals surface area contributed by atoms with Crippen molar-refractivity contribution < 1.29 is 4.79 Å². The second kappa shape index (κ2) is 5.49. The van der Waals surface area contributed by atoms with Gasteiger partial charge in [-0.05, 0) is 47.7 Å². The molecule has 2 aromatic rings. The fourth-order valence-electron chi connectivity index (χ4n) is 2.96. The van der Waals surface area contributed by atoms with Crippen LogP contribution in [-0.4, -0.2) is 30.4 Å². The molecule has 1 saturated heterocycles. The standard InChI is InChI=1S/C18H22N2O/c1-18(13-19)8-10-20(11-9-18)17(21)16-7-6-14-4-2-3-5-15(14)12-16/h2-7,12H,8-11,13,19H2,1H3. The van der Waals surface area contributed by atoms with Crippen molar-refractivity contribution in [2.45, 2.75) is 19.8 Å². The fraction of sp³-hybridized carbons (Fsp3) is 0.389. The summed E-state index contributed by atoms with van der Waals surface area (Å²) in [5.74, 6) is 0.139. The minimum absolute atomic E-state index is 0.139. The Balaban J connectivity index is 1.78. The first-order valence-electron chi connectivity index (χ1n) is 7.59. The third-order valence-corrected chi connectivity index (χ3v) is 4.75. The molecule has 110 valence electrons. The molecule has 0 atom stereocenters. The minimum atomic E-state index is 0.139. The van der Waals surface area contributed by atoms with Crippen LogP contribution in [0.15, 0.2) is 42.5 Å². The zero-order valence-electron chi connectivity index (χ0n) is 12.5. The molecule has 1 amide bonds. The predicted molar refractivity (Wildman–Crippen MR) is 86.2 cm³/mol. The predicted octanol–water partition coefficient (Wildman–Crippen LogP) is 3.04. The molecule has 0 radical (unpaired) electrons. The number of likely N-dealkylation sites (tertiary alicyclic amines) is 1. The van der Waals surface area contributed by atoms with Gasteiger partial charge in [-0.25, -0.2) is 0 Å². The van der Waals surface area contributed by atoms with Gasteiger partial charge in [0.15, 0.2) is 0 Å². The van der Waals surface area contributed by atoms with Crippen molar-refractivity contribution in [3.63, 3.8) is 0 Å². The molecule has 2 aromatic carbocycles. The first-order valence-corrected chi connectivity index (χ1v) is 7.59. The second-order valence-electron chi connectivity index (χ2n) is 6.37. The van der Waals surface area contributed by atoms with E-state index in [1.165, 1.54) is 5.39 Å². The third kappa shape index (κ3) is 2.79. The molecule has 3 nitrogen and oxygen atoms in total. The number of piperidine rings is 1. The van der Waals surface area contributed by atoms with Gasteiger partial charge < -0.3 is 10.6 Å². The van der Waals surface area contributed by atoms with Gasteiger partial charge in [0, 0.05) is 18.7 Å². The number of rotatable bonds is 2. The molecular formula is C18H22N2O. The summed E-state index contributed by atoms with van der Waals surface area (Å²) in [5.41, 5.74) is 6.81. The number of amides is 1. The van der Waals surface area contributed by atoms with E-state index in [-0.39, 0.29) is 11.3 Å². The van der Waals surface area contributed by atoms with Gasteiger partial charge in [-0.15, -0.1) is 0 Å². The second-order valence-corrected chi connectivity index (χ2v) is 6.37. The number of hydrogen-bond donors (Lipinski definition) is 1. The summed E-state index contributed by atoms with van der Waals surface area (Å²) in [6.45, 7) is 4.52. The molecule has 0 spiro atoms. The van der Waals surface area contributed by atoms with E-state index in [2.05, 4.69) is 13.0 Å². The molecule has 1 aliphatic heterocycles. The number of hydrogen-bond acceptors (Lipinski definition) is 2. The summed E-state index contributed by atoms with van der Waals surface area (Å²) < 4.78 is 0. The lowest BCUT2D eigenvalue weighted by atomic mass is 9.80. The van der Waals surface area contributed by atoms with E-state index in [9.17, 15) is 4.79 Å². The maximum atomic E-state index is 12.6. The number of nitrogens with two attached hydrogens (primary N) is 1. The molecule has 0 bridgehead atoms. The van der Waals surface area contributed by atoms with Crippen LogP contribution >= 0.6 is 0 Å². The smallest absolute Gasteiger partial charge is 0.253 e. The van der Waals surface area contributed by atoms with Crippen molar-refractivity contribution in [3.05, 3.63) is 48.0 Å². The number of carbonyl (C=O) groups is 1. The molecule has 1 aliphatic rings.